The quantitative estimate of drug-likeness (QED) is 0.739. The van der Waals surface area contributed by atoms with Crippen LogP contribution in [0.25, 0.3) is 11.3 Å². The van der Waals surface area contributed by atoms with Crippen molar-refractivity contribution in [3.8, 4) is 11.3 Å². The van der Waals surface area contributed by atoms with E-state index < -0.39 is 0 Å². The predicted octanol–water partition coefficient (Wildman–Crippen LogP) is 2.24. The first kappa shape index (κ1) is 14.0. The third-order valence-electron chi connectivity index (χ3n) is 3.81. The summed E-state index contributed by atoms with van der Waals surface area (Å²) in [4.78, 5) is 0. The number of hydrogen-bond acceptors (Lipinski definition) is 3. The lowest BCUT2D eigenvalue weighted by Gasteiger charge is -2.12. The molecule has 0 amide bonds. The zero-order chi connectivity index (χ0) is 14.7. The first-order chi connectivity index (χ1) is 10.3. The molecule has 0 aliphatic heterocycles. The zero-order valence-corrected chi connectivity index (χ0v) is 11.6. The van der Waals surface area contributed by atoms with Gasteiger partial charge in [0.05, 0.1) is 11.9 Å². The molecule has 4 nitrogen and oxygen atoms in total. The van der Waals surface area contributed by atoms with E-state index in [0.29, 0.717) is 6.54 Å². The first-order valence-corrected chi connectivity index (χ1v) is 7.07. The highest BCUT2D eigenvalue weighted by Crippen LogP contribution is 2.22. The van der Waals surface area contributed by atoms with Gasteiger partial charge >= 0.3 is 0 Å². The first-order valence-electron chi connectivity index (χ1n) is 7.07. The Morgan fingerprint density at radius 1 is 1.29 bits per heavy atom. The number of benzene rings is 1. The van der Waals surface area contributed by atoms with Gasteiger partial charge in [0.25, 0.3) is 0 Å². The number of hydrogen-bond donors (Lipinski definition) is 3. The third kappa shape index (κ3) is 3.20. The fraction of sp³-hybridized carbons (Fsp3) is 0.312. The second-order valence-corrected chi connectivity index (χ2v) is 5.33. The van der Waals surface area contributed by atoms with Gasteiger partial charge in [0, 0.05) is 36.2 Å². The van der Waals surface area contributed by atoms with Gasteiger partial charge in [-0.25, -0.2) is 4.39 Å². The molecule has 1 aromatic heterocycles. The molecule has 0 saturated carbocycles. The summed E-state index contributed by atoms with van der Waals surface area (Å²) >= 11 is 0. The molecule has 1 aliphatic rings. The largest absolute Gasteiger partial charge is 0.396 e. The summed E-state index contributed by atoms with van der Waals surface area (Å²) in [5.74, 6) is 0.00694. The van der Waals surface area contributed by atoms with E-state index in [1.807, 2.05) is 6.08 Å². The molecule has 1 aliphatic carbocycles. The molecule has 1 aromatic carbocycles. The molecule has 1 heterocycles. The molecule has 2 atom stereocenters. The second kappa shape index (κ2) is 6.20. The van der Waals surface area contributed by atoms with Crippen molar-refractivity contribution in [2.24, 2.45) is 5.92 Å². The lowest BCUT2D eigenvalue weighted by molar-refractivity contribution is 0.246. The van der Waals surface area contributed by atoms with Gasteiger partial charge in [-0.05, 0) is 30.7 Å². The highest BCUT2D eigenvalue weighted by molar-refractivity contribution is 5.62. The molecule has 0 bridgehead atoms. The van der Waals surface area contributed by atoms with Crippen LogP contribution in [0, 0.1) is 11.7 Å². The molecule has 21 heavy (non-hydrogen) atoms. The lowest BCUT2D eigenvalue weighted by Crippen LogP contribution is -2.26. The van der Waals surface area contributed by atoms with Crippen LogP contribution in [0.1, 0.15) is 12.0 Å². The van der Waals surface area contributed by atoms with E-state index in [0.717, 1.165) is 23.2 Å². The highest BCUT2D eigenvalue weighted by Gasteiger charge is 2.18. The minimum atomic E-state index is -0.246. The summed E-state index contributed by atoms with van der Waals surface area (Å²) < 4.78 is 13.0. The molecule has 0 fully saturated rings. The molecule has 0 saturated heterocycles. The Kier molecular flexibility index (Phi) is 4.13. The van der Waals surface area contributed by atoms with Crippen LogP contribution in [0.4, 0.5) is 4.39 Å². The zero-order valence-electron chi connectivity index (χ0n) is 11.6. The van der Waals surface area contributed by atoms with Crippen molar-refractivity contribution < 1.29 is 9.50 Å². The Labute approximate surface area is 122 Å². The van der Waals surface area contributed by atoms with Crippen LogP contribution in [0.3, 0.4) is 0 Å². The average Bonchev–Trinajstić information content (AvgIpc) is 3.15. The average molecular weight is 287 g/mol. The maximum absolute atomic E-state index is 13.0. The summed E-state index contributed by atoms with van der Waals surface area (Å²) in [7, 11) is 0. The SMILES string of the molecule is OC[C@H]1C=C[C@@H](NCc2cn[nH]c2-c2ccc(F)cc2)C1. The molecule has 3 N–H and O–H groups in total. The van der Waals surface area contributed by atoms with Crippen molar-refractivity contribution in [1.29, 1.82) is 0 Å². The molecule has 3 rings (SSSR count). The molecule has 0 spiro atoms. The summed E-state index contributed by atoms with van der Waals surface area (Å²) in [6, 6.07) is 6.64. The van der Waals surface area contributed by atoms with Gasteiger partial charge < -0.3 is 10.4 Å². The van der Waals surface area contributed by atoms with Crippen molar-refractivity contribution in [1.82, 2.24) is 15.5 Å². The van der Waals surface area contributed by atoms with E-state index in [1.54, 1.807) is 18.3 Å². The van der Waals surface area contributed by atoms with Crippen molar-refractivity contribution in [3.05, 3.63) is 54.0 Å². The molecule has 110 valence electrons. The number of nitrogens with one attached hydrogen (secondary N) is 2. The number of nitrogens with zero attached hydrogens (tertiary/aromatic N) is 1. The third-order valence-corrected chi connectivity index (χ3v) is 3.81. The van der Waals surface area contributed by atoms with E-state index in [4.69, 9.17) is 5.11 Å². The summed E-state index contributed by atoms with van der Waals surface area (Å²) in [5, 5.41) is 19.6. The number of aromatic nitrogens is 2. The Bertz CT molecular complexity index is 621. The van der Waals surface area contributed by atoms with Gasteiger partial charge in [-0.2, -0.15) is 5.10 Å². The topological polar surface area (TPSA) is 60.9 Å². The van der Waals surface area contributed by atoms with Gasteiger partial charge in [-0.1, -0.05) is 12.2 Å². The molecule has 5 heteroatoms. The number of aliphatic hydroxyl groups is 1. The lowest BCUT2D eigenvalue weighted by atomic mass is 10.1. The van der Waals surface area contributed by atoms with Gasteiger partial charge in [0.1, 0.15) is 5.82 Å². The second-order valence-electron chi connectivity index (χ2n) is 5.33. The van der Waals surface area contributed by atoms with E-state index in [1.165, 1.54) is 12.1 Å². The Balaban J connectivity index is 1.66. The molecular formula is C16H18FN3O. The number of halogens is 1. The fourth-order valence-electron chi connectivity index (χ4n) is 2.61. The molecule has 0 radical (unpaired) electrons. The van der Waals surface area contributed by atoms with E-state index in [9.17, 15) is 4.39 Å². The van der Waals surface area contributed by atoms with Gasteiger partial charge in [-0.15, -0.1) is 0 Å². The summed E-state index contributed by atoms with van der Waals surface area (Å²) in [6.45, 7) is 0.873. The summed E-state index contributed by atoms with van der Waals surface area (Å²) in [6.07, 6.45) is 6.85. The van der Waals surface area contributed by atoms with Crippen LogP contribution in [-0.4, -0.2) is 28.0 Å². The maximum Gasteiger partial charge on any atom is 0.123 e. The van der Waals surface area contributed by atoms with Crippen LogP contribution < -0.4 is 5.32 Å². The van der Waals surface area contributed by atoms with E-state index in [-0.39, 0.29) is 24.4 Å². The highest BCUT2D eigenvalue weighted by atomic mass is 19.1. The van der Waals surface area contributed by atoms with Crippen LogP contribution >= 0.6 is 0 Å². The Morgan fingerprint density at radius 2 is 2.10 bits per heavy atom. The predicted molar refractivity (Wildman–Crippen MR) is 78.9 cm³/mol. The van der Waals surface area contributed by atoms with Crippen LogP contribution in [0.2, 0.25) is 0 Å². The van der Waals surface area contributed by atoms with Crippen molar-refractivity contribution >= 4 is 0 Å². The van der Waals surface area contributed by atoms with Crippen LogP contribution in [0.5, 0.6) is 0 Å². The normalized spacial score (nSPS) is 21.0. The standard InChI is InChI=1S/C16H18FN3O/c17-14-4-2-12(3-5-14)16-13(9-19-20-16)8-18-15-6-1-11(7-15)10-21/h1-6,9,11,15,18,21H,7-8,10H2,(H,19,20)/t11-,15+/m0/s1. The van der Waals surface area contributed by atoms with Crippen LogP contribution in [-0.2, 0) is 6.54 Å². The van der Waals surface area contributed by atoms with E-state index >= 15 is 0 Å². The van der Waals surface area contributed by atoms with E-state index in [2.05, 4.69) is 21.6 Å². The van der Waals surface area contributed by atoms with Gasteiger partial charge in [0.2, 0.25) is 0 Å². The number of rotatable bonds is 5. The maximum atomic E-state index is 13.0. The molecular weight excluding hydrogens is 269 g/mol. The minimum Gasteiger partial charge on any atom is -0.396 e. The van der Waals surface area contributed by atoms with Crippen molar-refractivity contribution in [3.63, 3.8) is 0 Å². The molecule has 0 unspecified atom stereocenters. The van der Waals surface area contributed by atoms with Gasteiger partial charge in [-0.3, -0.25) is 5.10 Å². The van der Waals surface area contributed by atoms with Gasteiger partial charge in [0.15, 0.2) is 0 Å². The minimum absolute atomic E-state index is 0.196. The van der Waals surface area contributed by atoms with Crippen molar-refractivity contribution in [2.75, 3.05) is 6.61 Å². The summed E-state index contributed by atoms with van der Waals surface area (Å²) in [5.41, 5.74) is 2.87. The smallest absolute Gasteiger partial charge is 0.123 e. The molecule has 2 aromatic rings. The van der Waals surface area contributed by atoms with Crippen LogP contribution in [0.15, 0.2) is 42.6 Å². The monoisotopic (exact) mass is 287 g/mol. The number of aliphatic hydroxyl groups excluding tert-OH is 1. The van der Waals surface area contributed by atoms with Crippen molar-refractivity contribution in [2.45, 2.75) is 19.0 Å². The fourth-order valence-corrected chi connectivity index (χ4v) is 2.61. The number of aromatic amines is 1. The number of H-pyrrole nitrogens is 1. The Hall–Kier alpha value is -1.98. The Morgan fingerprint density at radius 3 is 2.81 bits per heavy atom.